The Balaban J connectivity index is 1.13. The highest BCUT2D eigenvalue weighted by Gasteiger charge is 2.42. The molecule has 188 valence electrons. The van der Waals surface area contributed by atoms with Gasteiger partial charge in [0.1, 0.15) is 23.9 Å². The lowest BCUT2D eigenvalue weighted by Gasteiger charge is -2.18. The molecule has 3 aromatic heterocycles. The van der Waals surface area contributed by atoms with E-state index in [0.717, 1.165) is 51.2 Å². The summed E-state index contributed by atoms with van der Waals surface area (Å²) in [6, 6.07) is 19.9. The highest BCUT2D eigenvalue weighted by atomic mass is 35.5. The van der Waals surface area contributed by atoms with Gasteiger partial charge < -0.3 is 20.1 Å². The Labute approximate surface area is 219 Å². The number of anilines is 1. The maximum atomic E-state index is 10.8. The van der Waals surface area contributed by atoms with Crippen LogP contribution < -0.4 is 5.32 Å². The lowest BCUT2D eigenvalue weighted by molar-refractivity contribution is 0.00545. The fourth-order valence-electron chi connectivity index (χ4n) is 5.39. The first kappa shape index (κ1) is 23.9. The molecule has 0 bridgehead atoms. The van der Waals surface area contributed by atoms with Gasteiger partial charge in [-0.1, -0.05) is 35.9 Å². The van der Waals surface area contributed by atoms with Crippen molar-refractivity contribution in [1.29, 1.82) is 0 Å². The second-order valence-corrected chi connectivity index (χ2v) is 10.2. The fourth-order valence-corrected chi connectivity index (χ4v) is 5.52. The quantitative estimate of drug-likeness (QED) is 0.278. The zero-order valence-corrected chi connectivity index (χ0v) is 21.0. The van der Waals surface area contributed by atoms with Crippen LogP contribution in [-0.4, -0.2) is 41.9 Å². The molecule has 1 aliphatic rings. The van der Waals surface area contributed by atoms with Crippen LogP contribution in [-0.2, 0) is 13.0 Å². The van der Waals surface area contributed by atoms with Crippen molar-refractivity contribution in [3.63, 3.8) is 0 Å². The standard InChI is InChI=1S/C29H28ClN5O2/c30-23-8-3-19(4-9-23)15-32-26-10-7-20-5-1-18(13-24(20)34-26)2-6-21-14-25(28(37)27(21)36)35-12-11-22-16-31-17-33-29(22)35/h1,3-5,7-13,16-17,21,25,27-28,36-37H,2,6,14-15H2,(H,32,34)/t21-,25+,27+,28-/m0/s1. The maximum absolute atomic E-state index is 10.8. The van der Waals surface area contributed by atoms with Gasteiger partial charge in [-0.25, -0.2) is 15.0 Å². The van der Waals surface area contributed by atoms with Gasteiger partial charge in [0, 0.05) is 34.7 Å². The molecule has 0 unspecified atom stereocenters. The second-order valence-electron chi connectivity index (χ2n) is 9.81. The van der Waals surface area contributed by atoms with Crippen LogP contribution >= 0.6 is 11.6 Å². The van der Waals surface area contributed by atoms with E-state index >= 15 is 0 Å². The molecule has 0 radical (unpaired) electrons. The number of aliphatic hydroxyl groups excluding tert-OH is 2. The van der Waals surface area contributed by atoms with Crippen molar-refractivity contribution < 1.29 is 10.2 Å². The van der Waals surface area contributed by atoms with Gasteiger partial charge in [-0.05, 0) is 72.7 Å². The van der Waals surface area contributed by atoms with Crippen LogP contribution in [0.4, 0.5) is 5.82 Å². The second kappa shape index (κ2) is 10.1. The van der Waals surface area contributed by atoms with Crippen molar-refractivity contribution in [2.75, 3.05) is 5.32 Å². The predicted octanol–water partition coefficient (Wildman–Crippen LogP) is 5.16. The molecule has 8 heteroatoms. The summed E-state index contributed by atoms with van der Waals surface area (Å²) in [5, 5.41) is 27.8. The highest BCUT2D eigenvalue weighted by Crippen LogP contribution is 2.39. The van der Waals surface area contributed by atoms with Gasteiger partial charge in [-0.3, -0.25) is 0 Å². The van der Waals surface area contributed by atoms with Gasteiger partial charge in [0.2, 0.25) is 0 Å². The monoisotopic (exact) mass is 513 g/mol. The van der Waals surface area contributed by atoms with Crippen LogP contribution in [0.1, 0.15) is 30.0 Å². The van der Waals surface area contributed by atoms with Crippen LogP contribution in [0, 0.1) is 5.92 Å². The number of hydrogen-bond acceptors (Lipinski definition) is 6. The zero-order valence-electron chi connectivity index (χ0n) is 20.2. The number of halogens is 1. The van der Waals surface area contributed by atoms with Gasteiger partial charge in [-0.15, -0.1) is 0 Å². The third kappa shape index (κ3) is 4.90. The van der Waals surface area contributed by atoms with Crippen molar-refractivity contribution >= 4 is 39.4 Å². The molecule has 0 amide bonds. The predicted molar refractivity (Wildman–Crippen MR) is 146 cm³/mol. The number of aliphatic hydroxyl groups is 2. The van der Waals surface area contributed by atoms with E-state index in [9.17, 15) is 10.2 Å². The van der Waals surface area contributed by atoms with Crippen molar-refractivity contribution in [2.45, 2.75) is 44.1 Å². The van der Waals surface area contributed by atoms with E-state index in [4.69, 9.17) is 16.6 Å². The third-order valence-corrected chi connectivity index (χ3v) is 7.71. The molecule has 3 N–H and O–H groups in total. The Bertz CT molecular complexity index is 1540. The molecule has 3 heterocycles. The third-order valence-electron chi connectivity index (χ3n) is 7.45. The Morgan fingerprint density at radius 2 is 1.76 bits per heavy atom. The van der Waals surface area contributed by atoms with E-state index in [1.165, 1.54) is 11.9 Å². The van der Waals surface area contributed by atoms with E-state index in [0.29, 0.717) is 13.0 Å². The molecule has 37 heavy (non-hydrogen) atoms. The number of rotatable bonds is 7. The van der Waals surface area contributed by atoms with E-state index in [-0.39, 0.29) is 12.0 Å². The average molecular weight is 514 g/mol. The summed E-state index contributed by atoms with van der Waals surface area (Å²) in [5.41, 5.74) is 4.02. The molecule has 0 aliphatic heterocycles. The summed E-state index contributed by atoms with van der Waals surface area (Å²) in [4.78, 5) is 13.3. The van der Waals surface area contributed by atoms with Crippen molar-refractivity contribution in [3.05, 3.63) is 95.5 Å². The summed E-state index contributed by atoms with van der Waals surface area (Å²) in [6.45, 7) is 0.668. The van der Waals surface area contributed by atoms with Crippen molar-refractivity contribution in [1.82, 2.24) is 19.5 Å². The lowest BCUT2D eigenvalue weighted by Crippen LogP contribution is -2.29. The Morgan fingerprint density at radius 3 is 2.62 bits per heavy atom. The molecular formula is C29H28ClN5O2. The normalized spacial score (nSPS) is 21.6. The largest absolute Gasteiger partial charge is 0.390 e. The fraction of sp³-hybridized carbons (Fsp3) is 0.276. The Hall–Kier alpha value is -3.52. The minimum absolute atomic E-state index is 0.00433. The SMILES string of the molecule is O[C@@H]1[C@@H](CCc2ccc3ccc(NCc4ccc(Cl)cc4)nc3c2)C[C@@H](n2ccc3cncnc32)[C@@H]1O. The van der Waals surface area contributed by atoms with Gasteiger partial charge in [-0.2, -0.15) is 0 Å². The Morgan fingerprint density at radius 1 is 0.946 bits per heavy atom. The van der Waals surface area contributed by atoms with Crippen LogP contribution in [0.15, 0.2) is 79.4 Å². The molecule has 1 saturated carbocycles. The number of benzene rings is 2. The topological polar surface area (TPSA) is 96.1 Å². The lowest BCUT2D eigenvalue weighted by atomic mass is 9.95. The molecule has 2 aromatic carbocycles. The van der Waals surface area contributed by atoms with Crippen LogP contribution in [0.5, 0.6) is 0 Å². The molecule has 0 saturated heterocycles. The molecule has 5 aromatic rings. The number of nitrogens with one attached hydrogen (secondary N) is 1. The summed E-state index contributed by atoms with van der Waals surface area (Å²) < 4.78 is 1.98. The van der Waals surface area contributed by atoms with Gasteiger partial charge in [0.15, 0.2) is 0 Å². The van der Waals surface area contributed by atoms with Gasteiger partial charge in [0.25, 0.3) is 0 Å². The smallest absolute Gasteiger partial charge is 0.143 e. The summed E-state index contributed by atoms with van der Waals surface area (Å²) in [6.07, 6.45) is 5.88. The first-order valence-electron chi connectivity index (χ1n) is 12.6. The van der Waals surface area contributed by atoms with Crippen LogP contribution in [0.3, 0.4) is 0 Å². The molecule has 7 nitrogen and oxygen atoms in total. The summed E-state index contributed by atoms with van der Waals surface area (Å²) in [7, 11) is 0. The van der Waals surface area contributed by atoms with Gasteiger partial charge >= 0.3 is 0 Å². The van der Waals surface area contributed by atoms with E-state index in [1.54, 1.807) is 6.20 Å². The zero-order chi connectivity index (χ0) is 25.4. The average Bonchev–Trinajstić information content (AvgIpc) is 3.47. The Kier molecular flexibility index (Phi) is 6.50. The van der Waals surface area contributed by atoms with E-state index < -0.39 is 12.2 Å². The van der Waals surface area contributed by atoms with E-state index in [1.807, 2.05) is 47.2 Å². The molecule has 4 atom stereocenters. The summed E-state index contributed by atoms with van der Waals surface area (Å²) >= 11 is 5.98. The molecule has 1 fully saturated rings. The van der Waals surface area contributed by atoms with Crippen molar-refractivity contribution in [3.8, 4) is 0 Å². The molecule has 0 spiro atoms. The number of fused-ring (bicyclic) bond motifs is 2. The van der Waals surface area contributed by atoms with E-state index in [2.05, 4.69) is 39.6 Å². The number of hydrogen-bond donors (Lipinski definition) is 3. The molecular weight excluding hydrogens is 486 g/mol. The minimum Gasteiger partial charge on any atom is -0.390 e. The van der Waals surface area contributed by atoms with Gasteiger partial charge in [0.05, 0.1) is 17.7 Å². The number of aromatic nitrogens is 4. The summed E-state index contributed by atoms with van der Waals surface area (Å²) in [5.74, 6) is 0.815. The highest BCUT2D eigenvalue weighted by molar-refractivity contribution is 6.30. The maximum Gasteiger partial charge on any atom is 0.143 e. The molecule has 6 rings (SSSR count). The minimum atomic E-state index is -0.830. The molecule has 1 aliphatic carbocycles. The first-order chi connectivity index (χ1) is 18.0. The number of aryl methyl sites for hydroxylation is 1. The van der Waals surface area contributed by atoms with Crippen LogP contribution in [0.2, 0.25) is 5.02 Å². The number of pyridine rings is 1. The van der Waals surface area contributed by atoms with Crippen LogP contribution in [0.25, 0.3) is 21.9 Å². The number of nitrogens with zero attached hydrogens (tertiary/aromatic N) is 4. The van der Waals surface area contributed by atoms with Crippen molar-refractivity contribution in [2.24, 2.45) is 5.92 Å². The first-order valence-corrected chi connectivity index (χ1v) is 12.9.